The van der Waals surface area contributed by atoms with E-state index < -0.39 is 11.4 Å². The number of carboxylic acid groups (broad SMARTS) is 1. The van der Waals surface area contributed by atoms with E-state index in [0.29, 0.717) is 12.8 Å². The molecule has 0 aliphatic heterocycles. The van der Waals surface area contributed by atoms with Crippen molar-refractivity contribution >= 4 is 5.97 Å². The molecule has 0 aromatic carbocycles. The van der Waals surface area contributed by atoms with Gasteiger partial charge in [0.1, 0.15) is 0 Å². The van der Waals surface area contributed by atoms with E-state index in [2.05, 4.69) is 13.2 Å². The summed E-state index contributed by atoms with van der Waals surface area (Å²) in [7, 11) is 0. The number of rotatable bonds is 5. The summed E-state index contributed by atoms with van der Waals surface area (Å²) in [5.74, 6) is -0.794. The number of hydrogen-bond donors (Lipinski definition) is 1. The first-order valence-electron chi connectivity index (χ1n) is 3.52. The van der Waals surface area contributed by atoms with Gasteiger partial charge in [-0.05, 0) is 19.8 Å². The molecule has 0 aliphatic carbocycles. The Morgan fingerprint density at radius 1 is 1.45 bits per heavy atom. The maximum absolute atomic E-state index is 10.7. The fraction of sp³-hybridized carbons (Fsp3) is 0.444. The second-order valence-corrected chi connectivity index (χ2v) is 2.85. The Hall–Kier alpha value is -1.05. The van der Waals surface area contributed by atoms with E-state index in [1.807, 2.05) is 0 Å². The lowest BCUT2D eigenvalue weighted by Crippen LogP contribution is -2.25. The highest BCUT2D eigenvalue weighted by molar-refractivity contribution is 5.74. The first-order chi connectivity index (χ1) is 5.06. The molecule has 0 fully saturated rings. The standard InChI is InChI=1S/C9H14O2/c1-4-6-9(3,7-5-2)8(10)11/h4-5H,1-2,6-7H2,3H3,(H,10,11). The maximum atomic E-state index is 10.7. The number of aliphatic carboxylic acids is 1. The molecule has 0 bridgehead atoms. The van der Waals surface area contributed by atoms with Gasteiger partial charge in [0.25, 0.3) is 0 Å². The van der Waals surface area contributed by atoms with E-state index in [0.717, 1.165) is 0 Å². The Balaban J connectivity index is 4.35. The van der Waals surface area contributed by atoms with Crippen molar-refractivity contribution in [1.82, 2.24) is 0 Å². The summed E-state index contributed by atoms with van der Waals surface area (Å²) in [6, 6.07) is 0. The molecule has 0 atom stereocenters. The second kappa shape index (κ2) is 3.96. The average molecular weight is 154 g/mol. The van der Waals surface area contributed by atoms with Crippen molar-refractivity contribution in [3.63, 3.8) is 0 Å². The fourth-order valence-electron chi connectivity index (χ4n) is 0.895. The molecule has 0 radical (unpaired) electrons. The van der Waals surface area contributed by atoms with Gasteiger partial charge < -0.3 is 5.11 Å². The molecule has 1 N–H and O–H groups in total. The molecular formula is C9H14O2. The Morgan fingerprint density at radius 2 is 1.82 bits per heavy atom. The molecule has 0 spiro atoms. The predicted molar refractivity (Wildman–Crippen MR) is 45.4 cm³/mol. The molecule has 0 saturated carbocycles. The van der Waals surface area contributed by atoms with Crippen LogP contribution in [0.1, 0.15) is 19.8 Å². The predicted octanol–water partition coefficient (Wildman–Crippen LogP) is 2.23. The zero-order valence-electron chi connectivity index (χ0n) is 6.84. The minimum atomic E-state index is -0.794. The van der Waals surface area contributed by atoms with Gasteiger partial charge in [-0.3, -0.25) is 4.79 Å². The van der Waals surface area contributed by atoms with E-state index >= 15 is 0 Å². The summed E-state index contributed by atoms with van der Waals surface area (Å²) >= 11 is 0. The normalized spacial score (nSPS) is 10.6. The number of hydrogen-bond acceptors (Lipinski definition) is 1. The van der Waals surface area contributed by atoms with E-state index in [-0.39, 0.29) is 0 Å². The van der Waals surface area contributed by atoms with Crippen LogP contribution in [0.15, 0.2) is 25.3 Å². The van der Waals surface area contributed by atoms with Crippen molar-refractivity contribution in [3.05, 3.63) is 25.3 Å². The van der Waals surface area contributed by atoms with Gasteiger partial charge in [0, 0.05) is 0 Å². The summed E-state index contributed by atoms with van der Waals surface area (Å²) in [6.45, 7) is 8.72. The first-order valence-corrected chi connectivity index (χ1v) is 3.52. The fourth-order valence-corrected chi connectivity index (χ4v) is 0.895. The minimum Gasteiger partial charge on any atom is -0.481 e. The summed E-state index contributed by atoms with van der Waals surface area (Å²) < 4.78 is 0. The van der Waals surface area contributed by atoms with Gasteiger partial charge >= 0.3 is 5.97 Å². The Morgan fingerprint density at radius 3 is 2.00 bits per heavy atom. The zero-order valence-corrected chi connectivity index (χ0v) is 6.84. The van der Waals surface area contributed by atoms with Crippen LogP contribution in [-0.2, 0) is 4.79 Å². The Bertz CT molecular complexity index is 160. The monoisotopic (exact) mass is 154 g/mol. The van der Waals surface area contributed by atoms with Crippen molar-refractivity contribution in [1.29, 1.82) is 0 Å². The largest absolute Gasteiger partial charge is 0.481 e. The van der Waals surface area contributed by atoms with Crippen LogP contribution in [0, 0.1) is 5.41 Å². The van der Waals surface area contributed by atoms with Gasteiger partial charge in [0.05, 0.1) is 5.41 Å². The van der Waals surface area contributed by atoms with Gasteiger partial charge in [-0.2, -0.15) is 0 Å². The highest BCUT2D eigenvalue weighted by Gasteiger charge is 2.29. The van der Waals surface area contributed by atoms with Crippen LogP contribution in [-0.4, -0.2) is 11.1 Å². The smallest absolute Gasteiger partial charge is 0.309 e. The van der Waals surface area contributed by atoms with Crippen LogP contribution < -0.4 is 0 Å². The van der Waals surface area contributed by atoms with E-state index in [1.165, 1.54) is 0 Å². The molecule has 0 heterocycles. The number of allylic oxidation sites excluding steroid dienone is 2. The molecule has 2 nitrogen and oxygen atoms in total. The molecule has 0 unspecified atom stereocenters. The summed E-state index contributed by atoms with van der Waals surface area (Å²) in [5.41, 5.74) is -0.719. The van der Waals surface area contributed by atoms with Gasteiger partial charge in [0.15, 0.2) is 0 Å². The summed E-state index contributed by atoms with van der Waals surface area (Å²) in [4.78, 5) is 10.7. The summed E-state index contributed by atoms with van der Waals surface area (Å²) in [6.07, 6.45) is 4.21. The maximum Gasteiger partial charge on any atom is 0.309 e. The highest BCUT2D eigenvalue weighted by Crippen LogP contribution is 2.26. The van der Waals surface area contributed by atoms with E-state index in [4.69, 9.17) is 5.11 Å². The van der Waals surface area contributed by atoms with Crippen molar-refractivity contribution < 1.29 is 9.90 Å². The van der Waals surface area contributed by atoms with Crippen LogP contribution in [0.4, 0.5) is 0 Å². The van der Waals surface area contributed by atoms with Gasteiger partial charge in [0.2, 0.25) is 0 Å². The lowest BCUT2D eigenvalue weighted by Gasteiger charge is -2.20. The molecule has 0 aromatic rings. The quantitative estimate of drug-likeness (QED) is 0.616. The van der Waals surface area contributed by atoms with Crippen molar-refractivity contribution in [3.8, 4) is 0 Å². The van der Waals surface area contributed by atoms with E-state index in [9.17, 15) is 4.79 Å². The molecule has 62 valence electrons. The first kappa shape index (κ1) is 9.95. The third-order valence-electron chi connectivity index (χ3n) is 1.71. The number of carbonyl (C=O) groups is 1. The SMILES string of the molecule is C=CCC(C)(CC=C)C(=O)O. The van der Waals surface area contributed by atoms with E-state index in [1.54, 1.807) is 19.1 Å². The second-order valence-electron chi connectivity index (χ2n) is 2.85. The molecule has 0 amide bonds. The van der Waals surface area contributed by atoms with Crippen LogP contribution in [0.5, 0.6) is 0 Å². The van der Waals surface area contributed by atoms with Crippen molar-refractivity contribution in [2.45, 2.75) is 19.8 Å². The molecular weight excluding hydrogens is 140 g/mol. The van der Waals surface area contributed by atoms with Crippen LogP contribution in [0.25, 0.3) is 0 Å². The Labute approximate surface area is 67.2 Å². The molecule has 2 heteroatoms. The topological polar surface area (TPSA) is 37.3 Å². The molecule has 0 saturated heterocycles. The molecule has 0 aromatic heterocycles. The zero-order chi connectivity index (χ0) is 8.91. The molecule has 0 rings (SSSR count). The van der Waals surface area contributed by atoms with Crippen LogP contribution in [0.3, 0.4) is 0 Å². The third kappa shape index (κ3) is 2.58. The number of carboxylic acids is 1. The highest BCUT2D eigenvalue weighted by atomic mass is 16.4. The van der Waals surface area contributed by atoms with Gasteiger partial charge in [-0.25, -0.2) is 0 Å². The lowest BCUT2D eigenvalue weighted by molar-refractivity contribution is -0.147. The lowest BCUT2D eigenvalue weighted by atomic mass is 9.83. The summed E-state index contributed by atoms with van der Waals surface area (Å²) in [5, 5.41) is 8.80. The van der Waals surface area contributed by atoms with Crippen molar-refractivity contribution in [2.75, 3.05) is 0 Å². The van der Waals surface area contributed by atoms with Gasteiger partial charge in [-0.15, -0.1) is 13.2 Å². The third-order valence-corrected chi connectivity index (χ3v) is 1.71. The minimum absolute atomic E-state index is 0.481. The average Bonchev–Trinajstić information content (AvgIpc) is 1.88. The Kier molecular flexibility index (Phi) is 3.58. The van der Waals surface area contributed by atoms with Crippen molar-refractivity contribution in [2.24, 2.45) is 5.41 Å². The molecule has 0 aliphatic rings. The van der Waals surface area contributed by atoms with Gasteiger partial charge in [-0.1, -0.05) is 12.2 Å². The van der Waals surface area contributed by atoms with Crippen LogP contribution >= 0.6 is 0 Å². The molecule has 11 heavy (non-hydrogen) atoms. The van der Waals surface area contributed by atoms with Crippen LogP contribution in [0.2, 0.25) is 0 Å².